The molecule has 3 heteroatoms. The summed E-state index contributed by atoms with van der Waals surface area (Å²) in [6.45, 7) is 1.65. The van der Waals surface area contributed by atoms with Crippen LogP contribution in [0.5, 0.6) is 0 Å². The van der Waals surface area contributed by atoms with Crippen molar-refractivity contribution in [1.29, 1.82) is 0 Å². The molecule has 1 aromatic carbocycles. The lowest BCUT2D eigenvalue weighted by Crippen LogP contribution is -1.97. The van der Waals surface area contributed by atoms with Gasteiger partial charge in [-0.1, -0.05) is 18.9 Å². The Morgan fingerprint density at radius 2 is 2.06 bits per heavy atom. The van der Waals surface area contributed by atoms with Crippen LogP contribution in [0.1, 0.15) is 44.3 Å². The molecule has 1 aliphatic rings. The molecule has 0 saturated heterocycles. The number of halogens is 1. The number of hydrogen-bond acceptors (Lipinski definition) is 2. The van der Waals surface area contributed by atoms with E-state index in [1.165, 1.54) is 31.7 Å². The molecule has 1 fully saturated rings. The number of aliphatic hydroxyl groups is 1. The van der Waals surface area contributed by atoms with Crippen molar-refractivity contribution < 1.29 is 9.50 Å². The van der Waals surface area contributed by atoms with E-state index in [0.717, 1.165) is 4.90 Å². The largest absolute Gasteiger partial charge is 0.389 e. The molecule has 1 aromatic rings. The van der Waals surface area contributed by atoms with Crippen molar-refractivity contribution in [1.82, 2.24) is 0 Å². The van der Waals surface area contributed by atoms with E-state index < -0.39 is 6.10 Å². The van der Waals surface area contributed by atoms with Crippen molar-refractivity contribution in [3.8, 4) is 0 Å². The summed E-state index contributed by atoms with van der Waals surface area (Å²) in [6, 6.07) is 5.05. The minimum absolute atomic E-state index is 0.199. The lowest BCUT2D eigenvalue weighted by Gasteiger charge is -2.11. The van der Waals surface area contributed by atoms with Gasteiger partial charge in [-0.3, -0.25) is 0 Å². The highest BCUT2D eigenvalue weighted by Gasteiger charge is 2.18. The molecule has 0 bridgehead atoms. The molecule has 0 aliphatic heterocycles. The predicted octanol–water partition coefficient (Wildman–Crippen LogP) is 3.91. The molecule has 2 rings (SSSR count). The van der Waals surface area contributed by atoms with Crippen molar-refractivity contribution in [3.63, 3.8) is 0 Å². The van der Waals surface area contributed by atoms with Crippen LogP contribution in [-0.2, 0) is 0 Å². The predicted molar refractivity (Wildman–Crippen MR) is 65.1 cm³/mol. The highest BCUT2D eigenvalue weighted by Crippen LogP contribution is 2.36. The van der Waals surface area contributed by atoms with E-state index in [1.54, 1.807) is 24.8 Å². The minimum atomic E-state index is -0.597. The van der Waals surface area contributed by atoms with E-state index in [0.29, 0.717) is 10.8 Å². The zero-order valence-corrected chi connectivity index (χ0v) is 10.3. The average Bonchev–Trinajstić information content (AvgIpc) is 2.73. The van der Waals surface area contributed by atoms with Gasteiger partial charge in [0.15, 0.2) is 0 Å². The van der Waals surface area contributed by atoms with Crippen molar-refractivity contribution >= 4 is 11.8 Å². The highest BCUT2D eigenvalue weighted by molar-refractivity contribution is 8.00. The molecule has 0 spiro atoms. The Kier molecular flexibility index (Phi) is 3.87. The maximum Gasteiger partial charge on any atom is 0.137 e. The lowest BCUT2D eigenvalue weighted by molar-refractivity contribution is 0.198. The maximum absolute atomic E-state index is 13.7. The third-order valence-corrected chi connectivity index (χ3v) is 4.42. The second-order valence-electron chi connectivity index (χ2n) is 4.39. The van der Waals surface area contributed by atoms with Crippen LogP contribution in [-0.4, -0.2) is 10.4 Å². The zero-order valence-electron chi connectivity index (χ0n) is 9.45. The SMILES string of the molecule is C[C@@H](O)c1ccc(SC2CCCC2)c(F)c1. The van der Waals surface area contributed by atoms with Crippen LogP contribution in [0.2, 0.25) is 0 Å². The van der Waals surface area contributed by atoms with Crippen molar-refractivity contribution in [2.75, 3.05) is 0 Å². The Morgan fingerprint density at radius 3 is 2.62 bits per heavy atom. The van der Waals surface area contributed by atoms with Gasteiger partial charge in [0.2, 0.25) is 0 Å². The van der Waals surface area contributed by atoms with Crippen LogP contribution in [0, 0.1) is 5.82 Å². The molecule has 0 heterocycles. The topological polar surface area (TPSA) is 20.2 Å². The number of benzene rings is 1. The Bertz CT molecular complexity index is 359. The number of rotatable bonds is 3. The molecule has 0 radical (unpaired) electrons. The quantitative estimate of drug-likeness (QED) is 0.864. The standard InChI is InChI=1S/C13H17FOS/c1-9(15)10-6-7-13(12(14)8-10)16-11-4-2-3-5-11/h6-9,11,15H,2-5H2,1H3/t9-/m1/s1. The van der Waals surface area contributed by atoms with Gasteiger partial charge in [-0.2, -0.15) is 0 Å². The first-order chi connectivity index (χ1) is 7.66. The number of aliphatic hydroxyl groups excluding tert-OH is 1. The third-order valence-electron chi connectivity index (χ3n) is 3.03. The summed E-state index contributed by atoms with van der Waals surface area (Å²) < 4.78 is 13.7. The smallest absolute Gasteiger partial charge is 0.137 e. The van der Waals surface area contributed by atoms with Gasteiger partial charge < -0.3 is 5.11 Å². The van der Waals surface area contributed by atoms with Gasteiger partial charge in [0.1, 0.15) is 5.82 Å². The van der Waals surface area contributed by atoms with Crippen molar-refractivity contribution in [2.45, 2.75) is 48.9 Å². The van der Waals surface area contributed by atoms with Gasteiger partial charge in [0, 0.05) is 10.1 Å². The molecular weight excluding hydrogens is 223 g/mol. The zero-order chi connectivity index (χ0) is 11.5. The van der Waals surface area contributed by atoms with E-state index in [4.69, 9.17) is 0 Å². The van der Waals surface area contributed by atoms with Crippen LogP contribution >= 0.6 is 11.8 Å². The molecular formula is C13H17FOS. The summed E-state index contributed by atoms with van der Waals surface area (Å²) in [5.74, 6) is -0.199. The van der Waals surface area contributed by atoms with Crippen molar-refractivity contribution in [3.05, 3.63) is 29.6 Å². The molecule has 1 aliphatic carbocycles. The molecule has 0 aromatic heterocycles. The molecule has 1 nitrogen and oxygen atoms in total. The average molecular weight is 240 g/mol. The van der Waals surface area contributed by atoms with Gasteiger partial charge >= 0.3 is 0 Å². The van der Waals surface area contributed by atoms with Gasteiger partial charge in [0.25, 0.3) is 0 Å². The van der Waals surface area contributed by atoms with Gasteiger partial charge in [0.05, 0.1) is 6.10 Å². The fourth-order valence-electron chi connectivity index (χ4n) is 2.06. The van der Waals surface area contributed by atoms with Gasteiger partial charge in [-0.15, -0.1) is 11.8 Å². The fourth-order valence-corrected chi connectivity index (χ4v) is 3.30. The minimum Gasteiger partial charge on any atom is -0.389 e. The molecule has 88 valence electrons. The summed E-state index contributed by atoms with van der Waals surface area (Å²) in [6.07, 6.45) is 4.33. The number of hydrogen-bond donors (Lipinski definition) is 1. The van der Waals surface area contributed by atoms with E-state index in [-0.39, 0.29) is 5.82 Å². The fraction of sp³-hybridized carbons (Fsp3) is 0.538. The summed E-state index contributed by atoms with van der Waals surface area (Å²) in [4.78, 5) is 0.719. The Balaban J connectivity index is 2.09. The van der Waals surface area contributed by atoms with E-state index in [2.05, 4.69) is 0 Å². The first-order valence-electron chi connectivity index (χ1n) is 5.81. The maximum atomic E-state index is 13.7. The van der Waals surface area contributed by atoms with Crippen LogP contribution in [0.3, 0.4) is 0 Å². The van der Waals surface area contributed by atoms with Crippen LogP contribution in [0.15, 0.2) is 23.1 Å². The van der Waals surface area contributed by atoms with E-state index >= 15 is 0 Å². The highest BCUT2D eigenvalue weighted by atomic mass is 32.2. The molecule has 1 atom stereocenters. The summed E-state index contributed by atoms with van der Waals surface area (Å²) in [5, 5.41) is 9.93. The summed E-state index contributed by atoms with van der Waals surface area (Å²) >= 11 is 1.64. The number of thioether (sulfide) groups is 1. The Labute approximate surface area is 100 Å². The first-order valence-corrected chi connectivity index (χ1v) is 6.69. The van der Waals surface area contributed by atoms with Crippen LogP contribution in [0.25, 0.3) is 0 Å². The summed E-state index contributed by atoms with van der Waals surface area (Å²) in [7, 11) is 0. The van der Waals surface area contributed by atoms with Gasteiger partial charge in [-0.05, 0) is 37.5 Å². The van der Waals surface area contributed by atoms with Gasteiger partial charge in [-0.25, -0.2) is 4.39 Å². The first kappa shape index (κ1) is 11.9. The van der Waals surface area contributed by atoms with E-state index in [9.17, 15) is 9.50 Å². The third kappa shape index (κ3) is 2.77. The monoisotopic (exact) mass is 240 g/mol. The summed E-state index contributed by atoms with van der Waals surface area (Å²) in [5.41, 5.74) is 0.647. The molecule has 1 N–H and O–H groups in total. The normalized spacial score (nSPS) is 18.9. The molecule has 0 amide bonds. The Hall–Kier alpha value is -0.540. The molecule has 0 unspecified atom stereocenters. The lowest BCUT2D eigenvalue weighted by atomic mass is 10.1. The second kappa shape index (κ2) is 5.19. The van der Waals surface area contributed by atoms with Crippen LogP contribution < -0.4 is 0 Å². The van der Waals surface area contributed by atoms with E-state index in [1.807, 2.05) is 6.07 Å². The Morgan fingerprint density at radius 1 is 1.38 bits per heavy atom. The van der Waals surface area contributed by atoms with Crippen LogP contribution in [0.4, 0.5) is 4.39 Å². The second-order valence-corrected chi connectivity index (χ2v) is 5.73. The molecule has 16 heavy (non-hydrogen) atoms. The molecule has 1 saturated carbocycles. The van der Waals surface area contributed by atoms with Crippen molar-refractivity contribution in [2.24, 2.45) is 0 Å².